The van der Waals surface area contributed by atoms with Crippen LogP contribution in [0.1, 0.15) is 45.4 Å². The molecule has 1 saturated heterocycles. The zero-order chi connectivity index (χ0) is 17.0. The minimum absolute atomic E-state index is 0. The quantitative estimate of drug-likeness (QED) is 0.187. The minimum atomic E-state index is -0.0832. The monoisotopic (exact) mass is 468 g/mol. The van der Waals surface area contributed by atoms with Crippen LogP contribution in [0.25, 0.3) is 0 Å². The first kappa shape index (κ1) is 22.9. The third-order valence-electron chi connectivity index (χ3n) is 4.61. The summed E-state index contributed by atoms with van der Waals surface area (Å²) in [7, 11) is 0. The normalized spacial score (nSPS) is 19.5. The first-order valence-corrected chi connectivity index (χ1v) is 9.78. The molecule has 0 radical (unpaired) electrons. The number of aliphatic imine (C=N–C) groups is 1. The van der Waals surface area contributed by atoms with Gasteiger partial charge in [0.25, 0.3) is 0 Å². The van der Waals surface area contributed by atoms with Crippen LogP contribution in [0.15, 0.2) is 4.99 Å². The van der Waals surface area contributed by atoms with Crippen molar-refractivity contribution in [2.24, 2.45) is 10.9 Å². The molecule has 7 heteroatoms. The average Bonchev–Trinajstić information content (AvgIpc) is 3.40. The molecule has 0 amide bonds. The highest BCUT2D eigenvalue weighted by atomic mass is 127. The van der Waals surface area contributed by atoms with Gasteiger partial charge in [-0.2, -0.15) is 0 Å². The largest absolute Gasteiger partial charge is 0.393 e. The van der Waals surface area contributed by atoms with E-state index in [1.165, 1.54) is 12.8 Å². The summed E-state index contributed by atoms with van der Waals surface area (Å²) in [4.78, 5) is 7.05. The second-order valence-corrected chi connectivity index (χ2v) is 6.99. The Kier molecular flexibility index (Phi) is 12.8. The topological polar surface area (TPSA) is 69.1 Å². The van der Waals surface area contributed by atoms with Gasteiger partial charge >= 0.3 is 0 Å². The van der Waals surface area contributed by atoms with Crippen LogP contribution in [0, 0.1) is 5.92 Å². The van der Waals surface area contributed by atoms with Crippen LogP contribution < -0.4 is 10.6 Å². The third kappa shape index (κ3) is 11.2. The number of guanidine groups is 1. The van der Waals surface area contributed by atoms with Gasteiger partial charge in [0.1, 0.15) is 0 Å². The van der Waals surface area contributed by atoms with Gasteiger partial charge in [0.15, 0.2) is 5.96 Å². The average molecular weight is 468 g/mol. The molecule has 0 bridgehead atoms. The van der Waals surface area contributed by atoms with Gasteiger partial charge in [-0.05, 0) is 57.9 Å². The van der Waals surface area contributed by atoms with Crippen LogP contribution in [0.4, 0.5) is 0 Å². The number of halogens is 1. The molecule has 0 unspecified atom stereocenters. The van der Waals surface area contributed by atoms with Gasteiger partial charge < -0.3 is 25.4 Å². The van der Waals surface area contributed by atoms with Crippen LogP contribution in [0.2, 0.25) is 0 Å². The van der Waals surface area contributed by atoms with E-state index in [2.05, 4.69) is 27.4 Å². The Labute approximate surface area is 170 Å². The summed E-state index contributed by atoms with van der Waals surface area (Å²) in [6.07, 6.45) is 6.54. The van der Waals surface area contributed by atoms with Crippen molar-refractivity contribution in [3.8, 4) is 0 Å². The smallest absolute Gasteiger partial charge is 0.191 e. The number of likely N-dealkylation sites (tertiary alicyclic amines) is 1. The summed E-state index contributed by atoms with van der Waals surface area (Å²) in [6, 6.07) is 0. The lowest BCUT2D eigenvalue weighted by Crippen LogP contribution is -2.40. The van der Waals surface area contributed by atoms with E-state index in [1.54, 1.807) is 0 Å². The molecule has 1 saturated carbocycles. The van der Waals surface area contributed by atoms with Crippen molar-refractivity contribution >= 4 is 29.9 Å². The fourth-order valence-electron chi connectivity index (χ4n) is 2.89. The second kappa shape index (κ2) is 14.0. The van der Waals surface area contributed by atoms with E-state index in [0.29, 0.717) is 0 Å². The molecular formula is C18H37IN4O2. The van der Waals surface area contributed by atoms with Crippen molar-refractivity contribution in [2.45, 2.75) is 51.6 Å². The Balaban J connectivity index is 0.00000312. The molecule has 1 aliphatic carbocycles. The molecule has 2 aliphatic rings. The van der Waals surface area contributed by atoms with Crippen LogP contribution in [0.5, 0.6) is 0 Å². The molecule has 148 valence electrons. The van der Waals surface area contributed by atoms with Crippen LogP contribution in [0.3, 0.4) is 0 Å². The molecule has 1 aliphatic heterocycles. The maximum absolute atomic E-state index is 9.52. The fraction of sp³-hybridized carbons (Fsp3) is 0.944. The lowest BCUT2D eigenvalue weighted by atomic mass is 10.1. The molecule has 1 heterocycles. The lowest BCUT2D eigenvalue weighted by molar-refractivity contribution is 0.0823. The number of rotatable bonds is 11. The summed E-state index contributed by atoms with van der Waals surface area (Å²) in [6.45, 7) is 9.62. The van der Waals surface area contributed by atoms with E-state index >= 15 is 0 Å². The van der Waals surface area contributed by atoms with Crippen LogP contribution >= 0.6 is 24.0 Å². The van der Waals surface area contributed by atoms with Gasteiger partial charge in [-0.3, -0.25) is 4.99 Å². The molecule has 0 aromatic rings. The number of piperidine rings is 1. The van der Waals surface area contributed by atoms with Crippen LogP contribution in [-0.4, -0.2) is 74.6 Å². The highest BCUT2D eigenvalue weighted by Crippen LogP contribution is 2.28. The van der Waals surface area contributed by atoms with E-state index < -0.39 is 0 Å². The summed E-state index contributed by atoms with van der Waals surface area (Å²) in [5.41, 5.74) is 0. The summed E-state index contributed by atoms with van der Waals surface area (Å²) < 4.78 is 5.64. The maximum atomic E-state index is 9.52. The Morgan fingerprint density at radius 2 is 1.92 bits per heavy atom. The number of aliphatic hydroxyl groups excluding tert-OH is 1. The van der Waals surface area contributed by atoms with E-state index in [4.69, 9.17) is 4.74 Å². The first-order valence-electron chi connectivity index (χ1n) is 9.78. The van der Waals surface area contributed by atoms with Gasteiger partial charge in [-0.15, -0.1) is 24.0 Å². The van der Waals surface area contributed by atoms with Gasteiger partial charge in [-0.1, -0.05) is 0 Å². The number of hydrogen-bond acceptors (Lipinski definition) is 4. The zero-order valence-electron chi connectivity index (χ0n) is 15.7. The third-order valence-corrected chi connectivity index (χ3v) is 4.61. The number of hydrogen-bond donors (Lipinski definition) is 3. The molecule has 0 aromatic heterocycles. The van der Waals surface area contributed by atoms with E-state index in [9.17, 15) is 5.11 Å². The van der Waals surface area contributed by atoms with Crippen molar-refractivity contribution in [1.29, 1.82) is 0 Å². The Bertz CT molecular complexity index is 359. The Morgan fingerprint density at radius 1 is 1.16 bits per heavy atom. The lowest BCUT2D eigenvalue weighted by Gasteiger charge is -2.29. The van der Waals surface area contributed by atoms with Gasteiger partial charge in [0.05, 0.1) is 6.10 Å². The van der Waals surface area contributed by atoms with E-state index in [-0.39, 0.29) is 30.1 Å². The molecule has 2 rings (SSSR count). The molecular weight excluding hydrogens is 431 g/mol. The van der Waals surface area contributed by atoms with Gasteiger partial charge in [0, 0.05) is 45.9 Å². The van der Waals surface area contributed by atoms with E-state index in [1.807, 2.05) is 0 Å². The highest BCUT2D eigenvalue weighted by molar-refractivity contribution is 14.0. The Morgan fingerprint density at radius 3 is 2.60 bits per heavy atom. The predicted molar refractivity (Wildman–Crippen MR) is 114 cm³/mol. The van der Waals surface area contributed by atoms with Crippen molar-refractivity contribution in [3.63, 3.8) is 0 Å². The maximum Gasteiger partial charge on any atom is 0.191 e. The number of aliphatic hydroxyl groups is 1. The van der Waals surface area contributed by atoms with Crippen molar-refractivity contribution in [1.82, 2.24) is 15.5 Å². The van der Waals surface area contributed by atoms with Crippen LogP contribution in [-0.2, 0) is 4.74 Å². The first-order chi connectivity index (χ1) is 11.8. The molecule has 25 heavy (non-hydrogen) atoms. The molecule has 0 aromatic carbocycles. The molecule has 2 fully saturated rings. The number of nitrogens with one attached hydrogen (secondary N) is 2. The highest BCUT2D eigenvalue weighted by Gasteiger charge is 2.20. The molecule has 3 N–H and O–H groups in total. The van der Waals surface area contributed by atoms with E-state index in [0.717, 1.165) is 90.0 Å². The second-order valence-electron chi connectivity index (χ2n) is 6.99. The predicted octanol–water partition coefficient (Wildman–Crippen LogP) is 1.82. The molecule has 0 spiro atoms. The SMILES string of the molecule is CCNC(=NCCCOCC1CC1)NCCCN1CCC(O)CC1.I. The zero-order valence-corrected chi connectivity index (χ0v) is 18.0. The number of nitrogens with zero attached hydrogens (tertiary/aromatic N) is 2. The van der Waals surface area contributed by atoms with Crippen molar-refractivity contribution < 1.29 is 9.84 Å². The van der Waals surface area contributed by atoms with Crippen molar-refractivity contribution in [3.05, 3.63) is 0 Å². The summed E-state index contributed by atoms with van der Waals surface area (Å²) in [5, 5.41) is 16.2. The van der Waals surface area contributed by atoms with Crippen molar-refractivity contribution in [2.75, 3.05) is 52.5 Å². The number of ether oxygens (including phenoxy) is 1. The molecule has 0 atom stereocenters. The van der Waals surface area contributed by atoms with Gasteiger partial charge in [-0.25, -0.2) is 0 Å². The fourth-order valence-corrected chi connectivity index (χ4v) is 2.89. The molecule has 6 nitrogen and oxygen atoms in total. The minimum Gasteiger partial charge on any atom is -0.393 e. The van der Waals surface area contributed by atoms with Gasteiger partial charge in [0.2, 0.25) is 0 Å². The summed E-state index contributed by atoms with van der Waals surface area (Å²) >= 11 is 0. The summed E-state index contributed by atoms with van der Waals surface area (Å²) in [5.74, 6) is 1.75. The standard InChI is InChI=1S/C18H36N4O2.HI/c1-2-19-18(21-10-4-14-24-15-16-5-6-16)20-9-3-11-22-12-7-17(23)8-13-22;/h16-17,23H,2-15H2,1H3,(H2,19,20,21);1H. The Hall–Kier alpha value is -0.120.